The first-order valence-electron chi connectivity index (χ1n) is 11.6. The summed E-state index contributed by atoms with van der Waals surface area (Å²) in [6, 6.07) is -0.494. The predicted octanol–water partition coefficient (Wildman–Crippen LogP) is -1.08. The number of nitro benzene ring substituents is 1. The molecule has 0 aliphatic carbocycles. The molecule has 1 aromatic rings. The summed E-state index contributed by atoms with van der Waals surface area (Å²) in [5.74, 6) is -4.68. The molecule has 0 spiro atoms. The molecule has 0 radical (unpaired) electrons. The monoisotopic (exact) mass is 522 g/mol. The molecule has 202 valence electrons. The number of primary amides is 1. The lowest BCUT2D eigenvalue weighted by Crippen LogP contribution is -2.56. The Hall–Kier alpha value is -4.27. The Kier molecular flexibility index (Phi) is 10.7. The number of benzene rings is 1. The lowest BCUT2D eigenvalue weighted by Gasteiger charge is -2.25. The van der Waals surface area contributed by atoms with Crippen molar-refractivity contribution in [3.63, 3.8) is 0 Å². The molecule has 37 heavy (non-hydrogen) atoms. The number of nitro groups is 1. The van der Waals surface area contributed by atoms with Gasteiger partial charge in [0.25, 0.3) is 11.6 Å². The zero-order valence-corrected chi connectivity index (χ0v) is 19.9. The molecule has 1 aromatic carbocycles. The Bertz CT molecular complexity index is 1050. The van der Waals surface area contributed by atoms with Gasteiger partial charge in [-0.05, 0) is 38.3 Å². The predicted molar refractivity (Wildman–Crippen MR) is 127 cm³/mol. The summed E-state index contributed by atoms with van der Waals surface area (Å²) in [6.45, 7) is 0.144. The maximum absolute atomic E-state index is 13.1. The van der Waals surface area contributed by atoms with Crippen LogP contribution in [0.5, 0.6) is 5.75 Å². The van der Waals surface area contributed by atoms with Gasteiger partial charge in [-0.15, -0.1) is 0 Å². The van der Waals surface area contributed by atoms with E-state index in [0.29, 0.717) is 19.4 Å². The van der Waals surface area contributed by atoms with Gasteiger partial charge in [-0.1, -0.05) is 0 Å². The molecule has 0 saturated carbocycles. The van der Waals surface area contributed by atoms with Gasteiger partial charge >= 0.3 is 5.97 Å². The molecule has 0 saturated heterocycles. The number of carboxylic acids is 1. The quantitative estimate of drug-likeness (QED) is 0.130. The van der Waals surface area contributed by atoms with Crippen molar-refractivity contribution in [1.29, 1.82) is 0 Å². The van der Waals surface area contributed by atoms with Crippen molar-refractivity contribution in [2.45, 2.75) is 56.7 Å². The van der Waals surface area contributed by atoms with Gasteiger partial charge < -0.3 is 37.3 Å². The lowest BCUT2D eigenvalue weighted by atomic mass is 10.0. The first-order chi connectivity index (χ1) is 17.5. The van der Waals surface area contributed by atoms with Crippen molar-refractivity contribution in [2.24, 2.45) is 11.5 Å². The number of nitrogens with two attached hydrogens (primary N) is 2. The van der Waals surface area contributed by atoms with Gasteiger partial charge in [-0.3, -0.25) is 34.1 Å². The van der Waals surface area contributed by atoms with E-state index in [1.807, 2.05) is 0 Å². The van der Waals surface area contributed by atoms with E-state index in [4.69, 9.17) is 21.3 Å². The summed E-state index contributed by atoms with van der Waals surface area (Å²) in [6.07, 6.45) is 0.211. The zero-order chi connectivity index (χ0) is 27.5. The number of amides is 4. The highest BCUT2D eigenvalue weighted by molar-refractivity contribution is 6.01. The fourth-order valence-electron chi connectivity index (χ4n) is 3.59. The molecule has 1 aliphatic rings. The third-order valence-electron chi connectivity index (χ3n) is 5.59. The summed E-state index contributed by atoms with van der Waals surface area (Å²) in [5, 5.41) is 27.7. The third-order valence-corrected chi connectivity index (χ3v) is 5.59. The minimum Gasteiger partial charge on any atom is -0.493 e. The minimum absolute atomic E-state index is 0.0910. The number of aliphatic carboxylic acids is 1. The normalized spacial score (nSPS) is 20.8. The molecule has 4 amide bonds. The molecule has 0 aromatic heterocycles. The van der Waals surface area contributed by atoms with E-state index in [2.05, 4.69) is 16.0 Å². The van der Waals surface area contributed by atoms with Gasteiger partial charge in [0.05, 0.1) is 17.1 Å². The van der Waals surface area contributed by atoms with Crippen molar-refractivity contribution in [2.75, 3.05) is 13.2 Å². The molecular formula is C22H30N6O9. The number of carbonyl (C=O) groups is 5. The SMILES string of the molecule is NCCCC[C@@H]1NC(=O)[C@H](CCC(=O)O)NC(=O)c2cc([N+](=O)[O-])ccc2OCC[C@H](C(N)=O)NC1=O. The third kappa shape index (κ3) is 8.71. The van der Waals surface area contributed by atoms with Gasteiger partial charge in [0.1, 0.15) is 23.9 Å². The standard InChI is InChI=1S/C22H30N6O9/c23-9-2-1-3-15-21(33)25-14(19(24)31)8-10-37-17-6-4-12(28(35)36)11-13(17)20(32)26-16(22(34)27-15)5-7-18(29)30/h4,6,11,14-16H,1-3,5,7-10,23H2,(H2,24,31)(H,25,33)(H,26,32)(H,27,34)(H,29,30)/t14-,15+,16+/m1/s1. The highest BCUT2D eigenvalue weighted by Crippen LogP contribution is 2.25. The molecule has 0 unspecified atom stereocenters. The number of nitrogens with zero attached hydrogens (tertiary/aromatic N) is 1. The average Bonchev–Trinajstić information content (AvgIpc) is 2.84. The molecule has 2 rings (SSSR count). The molecule has 1 aliphatic heterocycles. The number of hydrogen-bond donors (Lipinski definition) is 6. The number of non-ortho nitro benzene ring substituents is 1. The average molecular weight is 523 g/mol. The van der Waals surface area contributed by atoms with Crippen LogP contribution in [0.2, 0.25) is 0 Å². The molecule has 0 bridgehead atoms. The largest absolute Gasteiger partial charge is 0.493 e. The van der Waals surface area contributed by atoms with E-state index in [1.165, 1.54) is 6.07 Å². The number of fused-ring (bicyclic) bond motifs is 1. The van der Waals surface area contributed by atoms with Crippen LogP contribution in [0.25, 0.3) is 0 Å². The van der Waals surface area contributed by atoms with Gasteiger partial charge in [-0.25, -0.2) is 0 Å². The smallest absolute Gasteiger partial charge is 0.303 e. The number of nitrogens with one attached hydrogen (secondary N) is 3. The first-order valence-corrected chi connectivity index (χ1v) is 11.6. The number of unbranched alkanes of at least 4 members (excludes halogenated alkanes) is 1. The molecular weight excluding hydrogens is 492 g/mol. The number of carbonyl (C=O) groups excluding carboxylic acids is 4. The van der Waals surface area contributed by atoms with Gasteiger partial charge in [0, 0.05) is 25.0 Å². The van der Waals surface area contributed by atoms with Crippen LogP contribution in [0.1, 0.15) is 48.9 Å². The summed E-state index contributed by atoms with van der Waals surface area (Å²) < 4.78 is 5.57. The highest BCUT2D eigenvalue weighted by Gasteiger charge is 2.31. The number of rotatable bonds is 9. The van der Waals surface area contributed by atoms with E-state index >= 15 is 0 Å². The second-order valence-corrected chi connectivity index (χ2v) is 8.34. The summed E-state index contributed by atoms with van der Waals surface area (Å²) in [7, 11) is 0. The van der Waals surface area contributed by atoms with Gasteiger partial charge in [0.2, 0.25) is 17.7 Å². The van der Waals surface area contributed by atoms with Crippen molar-refractivity contribution < 1.29 is 38.7 Å². The summed E-state index contributed by atoms with van der Waals surface area (Å²) >= 11 is 0. The molecule has 1 heterocycles. The second kappa shape index (κ2) is 13.7. The zero-order valence-electron chi connectivity index (χ0n) is 19.9. The van der Waals surface area contributed by atoms with E-state index in [0.717, 1.165) is 12.1 Å². The maximum atomic E-state index is 13.1. The van der Waals surface area contributed by atoms with Crippen LogP contribution in [0.15, 0.2) is 18.2 Å². The lowest BCUT2D eigenvalue weighted by molar-refractivity contribution is -0.384. The van der Waals surface area contributed by atoms with Crippen LogP contribution in [0.4, 0.5) is 5.69 Å². The molecule has 15 heteroatoms. The van der Waals surface area contributed by atoms with Gasteiger partial charge in [0.15, 0.2) is 0 Å². The van der Waals surface area contributed by atoms with Gasteiger partial charge in [-0.2, -0.15) is 0 Å². The fourth-order valence-corrected chi connectivity index (χ4v) is 3.59. The second-order valence-electron chi connectivity index (χ2n) is 8.34. The van der Waals surface area contributed by atoms with Crippen molar-refractivity contribution in [1.82, 2.24) is 16.0 Å². The van der Waals surface area contributed by atoms with Crippen molar-refractivity contribution >= 4 is 35.3 Å². The minimum atomic E-state index is -1.41. The van der Waals surface area contributed by atoms with E-state index in [9.17, 15) is 34.1 Å². The van der Waals surface area contributed by atoms with E-state index in [1.54, 1.807) is 0 Å². The molecule has 15 nitrogen and oxygen atoms in total. The Labute approximate surface area is 211 Å². The Morgan fingerprint density at radius 1 is 1.08 bits per heavy atom. The van der Waals surface area contributed by atoms with E-state index in [-0.39, 0.29) is 37.2 Å². The topological polar surface area (TPSA) is 246 Å². The Morgan fingerprint density at radius 2 is 1.76 bits per heavy atom. The molecule has 0 fully saturated rings. The van der Waals surface area contributed by atoms with Crippen LogP contribution >= 0.6 is 0 Å². The number of carboxylic acid groups (broad SMARTS) is 1. The Morgan fingerprint density at radius 3 is 2.38 bits per heavy atom. The van der Waals surface area contributed by atoms with E-state index < -0.39 is 64.8 Å². The van der Waals surface area contributed by atoms with Crippen LogP contribution in [0, 0.1) is 10.1 Å². The van der Waals surface area contributed by atoms with Crippen LogP contribution < -0.4 is 32.2 Å². The van der Waals surface area contributed by atoms with Crippen LogP contribution in [0.3, 0.4) is 0 Å². The van der Waals surface area contributed by atoms with Crippen molar-refractivity contribution in [3.8, 4) is 5.75 Å². The fraction of sp³-hybridized carbons (Fsp3) is 0.500. The molecule has 8 N–H and O–H groups in total. The Balaban J connectivity index is 2.48. The summed E-state index contributed by atoms with van der Waals surface area (Å²) in [4.78, 5) is 72.7. The highest BCUT2D eigenvalue weighted by atomic mass is 16.6. The molecule has 3 atom stereocenters. The maximum Gasteiger partial charge on any atom is 0.303 e. The summed E-state index contributed by atoms with van der Waals surface area (Å²) in [5.41, 5.74) is 10.2. The van der Waals surface area contributed by atoms with Crippen molar-refractivity contribution in [3.05, 3.63) is 33.9 Å². The first kappa shape index (κ1) is 29.0. The number of ether oxygens (including phenoxy) is 1. The number of hydrogen-bond acceptors (Lipinski definition) is 9. The van der Waals surface area contributed by atoms with Crippen LogP contribution in [-0.4, -0.2) is 70.9 Å². The van der Waals surface area contributed by atoms with Crippen LogP contribution in [-0.2, 0) is 19.2 Å².